The largest absolute Gasteiger partial charge is 0.413 e. The van der Waals surface area contributed by atoms with Gasteiger partial charge in [-0.2, -0.15) is 0 Å². The van der Waals surface area contributed by atoms with Crippen LogP contribution in [0, 0.1) is 17.3 Å². The highest BCUT2D eigenvalue weighted by Crippen LogP contribution is 2.36. The molecule has 0 radical (unpaired) electrons. The molecule has 0 rings (SSSR count). The third-order valence-corrected chi connectivity index (χ3v) is 10.3. The highest BCUT2D eigenvalue weighted by Gasteiger charge is 2.36. The smallest absolute Gasteiger partial charge is 0.192 e. The summed E-state index contributed by atoms with van der Waals surface area (Å²) in [5.74, 6) is 6.73. The summed E-state index contributed by atoms with van der Waals surface area (Å²) < 4.78 is 6.20. The average Bonchev–Trinajstić information content (AvgIpc) is 2.31. The van der Waals surface area contributed by atoms with E-state index in [1.807, 2.05) is 0 Å². The van der Waals surface area contributed by atoms with Crippen LogP contribution in [0.15, 0.2) is 12.2 Å². The summed E-state index contributed by atoms with van der Waals surface area (Å²) in [5.41, 5.74) is 0.199. The molecule has 0 bridgehead atoms. The fourth-order valence-corrected chi connectivity index (χ4v) is 3.33. The van der Waals surface area contributed by atoms with Gasteiger partial charge in [-0.15, -0.1) is 11.8 Å². The van der Waals surface area contributed by atoms with Gasteiger partial charge in [0.15, 0.2) is 8.32 Å². The SMILES string of the molecule is CC(C)(/C=C/CO[Si](C)(C)C(C)(C)C)CCC#CC[Si](C)(C)C. The van der Waals surface area contributed by atoms with E-state index in [2.05, 4.69) is 91.3 Å². The minimum Gasteiger partial charge on any atom is -0.413 e. The van der Waals surface area contributed by atoms with Gasteiger partial charge in [0, 0.05) is 12.5 Å². The Labute approximate surface area is 148 Å². The molecule has 0 saturated carbocycles. The van der Waals surface area contributed by atoms with Crippen LogP contribution in [0.4, 0.5) is 0 Å². The van der Waals surface area contributed by atoms with Crippen molar-refractivity contribution in [2.45, 2.75) is 91.3 Å². The Bertz CT molecular complexity index is 437. The fraction of sp³-hybridized carbons (Fsp3) is 0.800. The van der Waals surface area contributed by atoms with Crippen molar-refractivity contribution in [3.63, 3.8) is 0 Å². The molecule has 134 valence electrons. The molecule has 0 heterocycles. The molecule has 1 nitrogen and oxygen atoms in total. The Hall–Kier alpha value is -0.306. The first-order chi connectivity index (χ1) is 10.2. The lowest BCUT2D eigenvalue weighted by atomic mass is 9.87. The summed E-state index contributed by atoms with van der Waals surface area (Å²) in [6.07, 6.45) is 6.61. The third kappa shape index (κ3) is 11.0. The molecule has 0 aliphatic carbocycles. The molecule has 23 heavy (non-hydrogen) atoms. The van der Waals surface area contributed by atoms with Crippen LogP contribution in [0.25, 0.3) is 0 Å². The van der Waals surface area contributed by atoms with Crippen molar-refractivity contribution in [1.29, 1.82) is 0 Å². The van der Waals surface area contributed by atoms with Crippen molar-refractivity contribution in [1.82, 2.24) is 0 Å². The van der Waals surface area contributed by atoms with Gasteiger partial charge >= 0.3 is 0 Å². The van der Waals surface area contributed by atoms with Crippen molar-refractivity contribution < 1.29 is 4.43 Å². The lowest BCUT2D eigenvalue weighted by Gasteiger charge is -2.35. The summed E-state index contributed by atoms with van der Waals surface area (Å²) in [6, 6.07) is 1.11. The van der Waals surface area contributed by atoms with Crippen LogP contribution in [-0.4, -0.2) is 23.0 Å². The van der Waals surface area contributed by atoms with Crippen LogP contribution in [-0.2, 0) is 4.43 Å². The molecule has 0 N–H and O–H groups in total. The summed E-state index contributed by atoms with van der Waals surface area (Å²) in [4.78, 5) is 0. The zero-order chi connectivity index (χ0) is 18.4. The number of rotatable bonds is 7. The molecule has 0 amide bonds. The number of allylic oxidation sites excluding steroid dienone is 1. The quantitative estimate of drug-likeness (QED) is 0.281. The molecule has 0 unspecified atom stereocenters. The van der Waals surface area contributed by atoms with E-state index < -0.39 is 16.4 Å². The highest BCUT2D eigenvalue weighted by atomic mass is 28.4. The van der Waals surface area contributed by atoms with E-state index in [-0.39, 0.29) is 10.5 Å². The normalized spacial score (nSPS) is 14.0. The maximum absolute atomic E-state index is 6.20. The van der Waals surface area contributed by atoms with Crippen LogP contribution >= 0.6 is 0 Å². The molecular weight excluding hydrogens is 312 g/mol. The molecule has 0 saturated heterocycles. The molecule has 3 heteroatoms. The maximum atomic E-state index is 6.20. The van der Waals surface area contributed by atoms with Gasteiger partial charge in [0.05, 0.1) is 14.7 Å². The van der Waals surface area contributed by atoms with Gasteiger partial charge in [-0.1, -0.05) is 66.4 Å². The lowest BCUT2D eigenvalue weighted by molar-refractivity contribution is 0.325. The van der Waals surface area contributed by atoms with Crippen molar-refractivity contribution in [2.75, 3.05) is 6.61 Å². The van der Waals surface area contributed by atoms with E-state index in [9.17, 15) is 0 Å². The molecule has 0 fully saturated rings. The Morgan fingerprint density at radius 1 is 0.913 bits per heavy atom. The predicted octanol–water partition coefficient (Wildman–Crippen LogP) is 6.71. The highest BCUT2D eigenvalue weighted by molar-refractivity contribution is 6.76. The molecule has 0 aliphatic heterocycles. The first-order valence-corrected chi connectivity index (χ1v) is 15.6. The lowest BCUT2D eigenvalue weighted by Crippen LogP contribution is -2.40. The van der Waals surface area contributed by atoms with E-state index in [1.54, 1.807) is 0 Å². The predicted molar refractivity (Wildman–Crippen MR) is 111 cm³/mol. The van der Waals surface area contributed by atoms with Gasteiger partial charge in [0.1, 0.15) is 0 Å². The van der Waals surface area contributed by atoms with Gasteiger partial charge in [-0.25, -0.2) is 0 Å². The molecule has 0 atom stereocenters. The van der Waals surface area contributed by atoms with Gasteiger partial charge in [-0.05, 0) is 30.0 Å². The molecule has 0 spiro atoms. The van der Waals surface area contributed by atoms with Crippen LogP contribution in [0.1, 0.15) is 47.5 Å². The van der Waals surface area contributed by atoms with Crippen LogP contribution in [0.5, 0.6) is 0 Å². The Morgan fingerprint density at radius 2 is 1.48 bits per heavy atom. The van der Waals surface area contributed by atoms with E-state index in [0.29, 0.717) is 0 Å². The molecule has 0 aliphatic rings. The maximum Gasteiger partial charge on any atom is 0.192 e. The van der Waals surface area contributed by atoms with Crippen molar-refractivity contribution in [3.05, 3.63) is 12.2 Å². The van der Waals surface area contributed by atoms with Crippen LogP contribution < -0.4 is 0 Å². The molecular formula is C20H40OSi2. The van der Waals surface area contributed by atoms with Crippen LogP contribution in [0.2, 0.25) is 43.8 Å². The Kier molecular flexibility index (Phi) is 8.58. The third-order valence-electron chi connectivity index (χ3n) is 4.55. The minimum absolute atomic E-state index is 0.199. The number of hydrogen-bond donors (Lipinski definition) is 0. The van der Waals surface area contributed by atoms with Gasteiger partial charge < -0.3 is 4.43 Å². The molecule has 0 aromatic carbocycles. The van der Waals surface area contributed by atoms with Gasteiger partial charge in [-0.3, -0.25) is 0 Å². The first kappa shape index (κ1) is 22.7. The first-order valence-electron chi connectivity index (χ1n) is 8.94. The fourth-order valence-electron chi connectivity index (χ4n) is 1.72. The van der Waals surface area contributed by atoms with Gasteiger partial charge in [0.2, 0.25) is 0 Å². The number of hydrogen-bond acceptors (Lipinski definition) is 1. The van der Waals surface area contributed by atoms with E-state index in [1.165, 1.54) is 0 Å². The summed E-state index contributed by atoms with van der Waals surface area (Å²) in [7, 11) is -2.64. The van der Waals surface area contributed by atoms with Crippen LogP contribution in [0.3, 0.4) is 0 Å². The van der Waals surface area contributed by atoms with Gasteiger partial charge in [0.25, 0.3) is 0 Å². The second-order valence-electron chi connectivity index (χ2n) is 10.1. The standard InChI is InChI=1S/C20H40OSi2/c1-19(2,3)23(9,10)21-17-14-16-20(4,5)15-12-11-13-18-22(6,7)8/h14,16H,12,15,17-18H2,1-10H3/b16-14+. The Morgan fingerprint density at radius 3 is 1.96 bits per heavy atom. The summed E-state index contributed by atoms with van der Waals surface area (Å²) in [5, 5.41) is 0.280. The van der Waals surface area contributed by atoms with Crippen molar-refractivity contribution >= 4 is 16.4 Å². The monoisotopic (exact) mass is 352 g/mol. The average molecular weight is 353 g/mol. The van der Waals surface area contributed by atoms with Crippen molar-refractivity contribution in [3.8, 4) is 11.8 Å². The Balaban J connectivity index is 4.27. The second kappa shape index (κ2) is 8.69. The summed E-state index contributed by atoms with van der Waals surface area (Å²) in [6.45, 7) is 23.9. The zero-order valence-corrected chi connectivity index (χ0v) is 19.4. The minimum atomic E-state index is -1.63. The molecule has 0 aromatic heterocycles. The van der Waals surface area contributed by atoms with E-state index in [4.69, 9.17) is 4.43 Å². The van der Waals surface area contributed by atoms with Crippen molar-refractivity contribution in [2.24, 2.45) is 5.41 Å². The zero-order valence-electron chi connectivity index (χ0n) is 17.4. The van der Waals surface area contributed by atoms with E-state index in [0.717, 1.165) is 25.5 Å². The topological polar surface area (TPSA) is 9.23 Å². The second-order valence-corrected chi connectivity index (χ2v) is 20.3. The molecule has 0 aromatic rings. The summed E-state index contributed by atoms with van der Waals surface area (Å²) >= 11 is 0. The van der Waals surface area contributed by atoms with E-state index >= 15 is 0 Å².